The largest absolute Gasteiger partial charge is 0.505 e. The Balaban J connectivity index is 2.38. The highest BCUT2D eigenvalue weighted by Gasteiger charge is 2.17. The number of hydrogen-bond donors (Lipinski definition) is 2. The summed E-state index contributed by atoms with van der Waals surface area (Å²) in [5, 5.41) is 9.15. The monoisotopic (exact) mass is 336 g/mol. The first-order valence-corrected chi connectivity index (χ1v) is 7.35. The molecule has 0 aliphatic rings. The predicted molar refractivity (Wildman–Crippen MR) is 73.1 cm³/mol. The first kappa shape index (κ1) is 14.8. The van der Waals surface area contributed by atoms with Gasteiger partial charge in [-0.05, 0) is 18.2 Å². The third-order valence-corrected chi connectivity index (χ3v) is 4.18. The van der Waals surface area contributed by atoms with Gasteiger partial charge in [0.2, 0.25) is 0 Å². The van der Waals surface area contributed by atoms with E-state index in [1.807, 2.05) is 0 Å². The summed E-state index contributed by atoms with van der Waals surface area (Å²) < 4.78 is 39.1. The Morgan fingerprint density at radius 2 is 1.75 bits per heavy atom. The van der Waals surface area contributed by atoms with Crippen LogP contribution in [-0.4, -0.2) is 18.5 Å². The van der Waals surface area contributed by atoms with E-state index in [-0.39, 0.29) is 26.4 Å². The molecule has 2 aromatic rings. The van der Waals surface area contributed by atoms with Gasteiger partial charge in [-0.2, -0.15) is 0 Å². The molecule has 0 saturated heterocycles. The fourth-order valence-corrected chi connectivity index (χ4v) is 2.88. The van der Waals surface area contributed by atoms with Crippen molar-refractivity contribution in [1.82, 2.24) is 4.98 Å². The zero-order chi connectivity index (χ0) is 14.9. The molecule has 5 nitrogen and oxygen atoms in total. The Hall–Kier alpha value is -1.57. The molecule has 2 rings (SSSR count). The van der Waals surface area contributed by atoms with Gasteiger partial charge in [0.1, 0.15) is 10.7 Å². The molecule has 0 spiro atoms. The van der Waals surface area contributed by atoms with E-state index in [1.54, 1.807) is 0 Å². The molecule has 0 radical (unpaired) electrons. The van der Waals surface area contributed by atoms with Gasteiger partial charge >= 0.3 is 0 Å². The van der Waals surface area contributed by atoms with Gasteiger partial charge < -0.3 is 5.11 Å². The Labute approximate surface area is 124 Å². The molecule has 2 N–H and O–H groups in total. The lowest BCUT2D eigenvalue weighted by Gasteiger charge is -2.09. The second kappa shape index (κ2) is 5.43. The molecule has 0 fully saturated rings. The van der Waals surface area contributed by atoms with Crippen molar-refractivity contribution >= 4 is 38.9 Å². The number of nitrogens with zero attached hydrogens (tertiary/aromatic N) is 1. The zero-order valence-electron chi connectivity index (χ0n) is 9.64. The highest BCUT2D eigenvalue weighted by molar-refractivity contribution is 7.92. The predicted octanol–water partition coefficient (Wildman–Crippen LogP) is 3.03. The molecular formula is C11H7Cl2FN2O3S. The topological polar surface area (TPSA) is 79.3 Å². The van der Waals surface area contributed by atoms with Gasteiger partial charge in [0.05, 0.1) is 21.9 Å². The highest BCUT2D eigenvalue weighted by Crippen LogP contribution is 2.35. The fourth-order valence-electron chi connectivity index (χ4n) is 1.38. The van der Waals surface area contributed by atoms with Crippen LogP contribution >= 0.6 is 23.2 Å². The maximum Gasteiger partial charge on any atom is 0.263 e. The van der Waals surface area contributed by atoms with E-state index >= 15 is 0 Å². The zero-order valence-corrected chi connectivity index (χ0v) is 12.0. The van der Waals surface area contributed by atoms with Gasteiger partial charge in [0, 0.05) is 6.20 Å². The summed E-state index contributed by atoms with van der Waals surface area (Å²) in [7, 11) is -4.03. The number of hydrogen-bond acceptors (Lipinski definition) is 4. The smallest absolute Gasteiger partial charge is 0.263 e. The number of aromatic hydroxyl groups is 1. The summed E-state index contributed by atoms with van der Waals surface area (Å²) in [5.41, 5.74) is 0.0297. The average Bonchev–Trinajstić information content (AvgIpc) is 2.35. The van der Waals surface area contributed by atoms with E-state index in [0.29, 0.717) is 0 Å². The summed E-state index contributed by atoms with van der Waals surface area (Å²) >= 11 is 11.4. The number of anilines is 1. The van der Waals surface area contributed by atoms with E-state index in [0.717, 1.165) is 18.5 Å². The van der Waals surface area contributed by atoms with Gasteiger partial charge in [-0.1, -0.05) is 23.2 Å². The number of rotatable bonds is 3. The molecule has 1 aromatic heterocycles. The summed E-state index contributed by atoms with van der Waals surface area (Å²) in [6, 6.07) is 3.17. The molecule has 1 heterocycles. The van der Waals surface area contributed by atoms with Gasteiger partial charge in [-0.15, -0.1) is 0 Å². The number of aromatic nitrogens is 1. The second-order valence-electron chi connectivity index (χ2n) is 3.73. The number of sulfonamides is 1. The Morgan fingerprint density at radius 3 is 2.30 bits per heavy atom. The van der Waals surface area contributed by atoms with Crippen molar-refractivity contribution < 1.29 is 17.9 Å². The van der Waals surface area contributed by atoms with Crippen molar-refractivity contribution in [3.05, 3.63) is 46.5 Å². The van der Waals surface area contributed by atoms with E-state index in [9.17, 15) is 17.9 Å². The normalized spacial score (nSPS) is 11.3. The Morgan fingerprint density at radius 1 is 1.15 bits per heavy atom. The van der Waals surface area contributed by atoms with Crippen LogP contribution in [0.25, 0.3) is 0 Å². The fraction of sp³-hybridized carbons (Fsp3) is 0. The van der Waals surface area contributed by atoms with E-state index in [1.165, 1.54) is 12.1 Å². The SMILES string of the molecule is O=S(=O)(Nc1cc(Cl)c(O)c(Cl)c1)c1cncc(F)c1. The lowest BCUT2D eigenvalue weighted by Crippen LogP contribution is -2.13. The number of nitrogens with one attached hydrogen (secondary N) is 1. The van der Waals surface area contributed by atoms with Gasteiger partial charge in [-0.3, -0.25) is 9.71 Å². The molecule has 0 atom stereocenters. The summed E-state index contributed by atoms with van der Waals surface area (Å²) in [6.45, 7) is 0. The number of phenolic OH excluding ortho intramolecular Hbond substituents is 1. The van der Waals surface area contributed by atoms with Crippen molar-refractivity contribution in [3.8, 4) is 5.75 Å². The molecule has 9 heteroatoms. The summed E-state index contributed by atoms with van der Waals surface area (Å²) in [5.74, 6) is -1.14. The van der Waals surface area contributed by atoms with Gasteiger partial charge in [-0.25, -0.2) is 12.8 Å². The van der Waals surface area contributed by atoms with Gasteiger partial charge in [0.15, 0.2) is 5.75 Å². The standard InChI is InChI=1S/C11H7Cl2FN2O3S/c12-9-2-7(3-10(13)11(9)17)16-20(18,19)8-1-6(14)4-15-5-8/h1-5,16-17H. The van der Waals surface area contributed by atoms with Crippen molar-refractivity contribution in [3.63, 3.8) is 0 Å². The molecule has 0 saturated carbocycles. The molecule has 20 heavy (non-hydrogen) atoms. The lowest BCUT2D eigenvalue weighted by molar-refractivity contribution is 0.476. The Bertz CT molecular complexity index is 745. The third kappa shape index (κ3) is 3.12. The lowest BCUT2D eigenvalue weighted by atomic mass is 10.3. The molecular weight excluding hydrogens is 330 g/mol. The number of phenols is 1. The van der Waals surface area contributed by atoms with Crippen LogP contribution in [0.2, 0.25) is 10.0 Å². The minimum atomic E-state index is -4.03. The summed E-state index contributed by atoms with van der Waals surface area (Å²) in [6.07, 6.45) is 1.88. The molecule has 106 valence electrons. The van der Waals surface area contributed by atoms with E-state index in [2.05, 4.69) is 9.71 Å². The average molecular weight is 337 g/mol. The minimum absolute atomic E-state index is 0.0297. The maximum atomic E-state index is 13.0. The molecule has 0 amide bonds. The van der Waals surface area contributed by atoms with Crippen LogP contribution in [0.4, 0.5) is 10.1 Å². The van der Waals surface area contributed by atoms with Crippen LogP contribution in [0.5, 0.6) is 5.75 Å². The Kier molecular flexibility index (Phi) is 4.03. The van der Waals surface area contributed by atoms with Crippen molar-refractivity contribution in [2.45, 2.75) is 4.90 Å². The van der Waals surface area contributed by atoms with E-state index < -0.39 is 15.8 Å². The number of halogens is 3. The quantitative estimate of drug-likeness (QED) is 0.844. The van der Waals surface area contributed by atoms with Crippen molar-refractivity contribution in [2.75, 3.05) is 4.72 Å². The van der Waals surface area contributed by atoms with Gasteiger partial charge in [0.25, 0.3) is 10.0 Å². The van der Waals surface area contributed by atoms with Crippen molar-refractivity contribution in [2.24, 2.45) is 0 Å². The number of pyridine rings is 1. The van der Waals surface area contributed by atoms with Crippen LogP contribution in [0.1, 0.15) is 0 Å². The molecule has 0 bridgehead atoms. The van der Waals surface area contributed by atoms with Crippen LogP contribution in [0.3, 0.4) is 0 Å². The van der Waals surface area contributed by atoms with Crippen LogP contribution in [0.15, 0.2) is 35.5 Å². The van der Waals surface area contributed by atoms with Crippen LogP contribution in [0, 0.1) is 5.82 Å². The molecule has 0 aliphatic heterocycles. The number of benzene rings is 1. The van der Waals surface area contributed by atoms with Crippen LogP contribution < -0.4 is 4.72 Å². The maximum absolute atomic E-state index is 13.0. The molecule has 0 aliphatic carbocycles. The molecule has 0 unspecified atom stereocenters. The first-order valence-electron chi connectivity index (χ1n) is 5.11. The summed E-state index contributed by atoms with van der Waals surface area (Å²) in [4.78, 5) is 3.11. The second-order valence-corrected chi connectivity index (χ2v) is 6.23. The highest BCUT2D eigenvalue weighted by atomic mass is 35.5. The van der Waals surface area contributed by atoms with E-state index in [4.69, 9.17) is 23.2 Å². The van der Waals surface area contributed by atoms with Crippen molar-refractivity contribution in [1.29, 1.82) is 0 Å². The first-order chi connectivity index (χ1) is 9.29. The minimum Gasteiger partial charge on any atom is -0.505 e. The molecule has 1 aromatic carbocycles. The van der Waals surface area contributed by atoms with Crippen LogP contribution in [-0.2, 0) is 10.0 Å². The third-order valence-electron chi connectivity index (χ3n) is 2.26.